The summed E-state index contributed by atoms with van der Waals surface area (Å²) < 4.78 is 16.5. The molecule has 2 aromatic rings. The molecule has 1 N–H and O–H groups in total. The average Bonchev–Trinajstić information content (AvgIpc) is 2.64. The lowest BCUT2D eigenvalue weighted by molar-refractivity contribution is 0.0933. The first-order valence-electron chi connectivity index (χ1n) is 8.16. The first kappa shape index (κ1) is 17.4. The lowest BCUT2D eigenvalue weighted by atomic mass is 10.0. The molecule has 0 fully saturated rings. The number of carbonyl (C=O) groups is 1. The van der Waals surface area contributed by atoms with Crippen LogP contribution in [0.1, 0.15) is 35.3 Å². The molecule has 0 aromatic heterocycles. The number of benzene rings is 2. The Hall–Kier alpha value is -2.40. The Morgan fingerprint density at radius 3 is 2.80 bits per heavy atom. The molecule has 2 aromatic carbocycles. The van der Waals surface area contributed by atoms with Gasteiger partial charge < -0.3 is 19.5 Å². The van der Waals surface area contributed by atoms with E-state index in [0.717, 1.165) is 12.0 Å². The summed E-state index contributed by atoms with van der Waals surface area (Å²) in [4.78, 5) is 12.7. The first-order chi connectivity index (χ1) is 12.1. The van der Waals surface area contributed by atoms with E-state index in [4.69, 9.17) is 25.8 Å². The van der Waals surface area contributed by atoms with Crippen molar-refractivity contribution in [2.45, 2.75) is 19.4 Å². The fraction of sp³-hybridized carbons (Fsp3) is 0.316. The molecule has 0 saturated heterocycles. The van der Waals surface area contributed by atoms with Crippen LogP contribution in [0.15, 0.2) is 36.4 Å². The zero-order chi connectivity index (χ0) is 17.8. The summed E-state index contributed by atoms with van der Waals surface area (Å²) >= 11 is 6.06. The van der Waals surface area contributed by atoms with Gasteiger partial charge in [-0.05, 0) is 36.2 Å². The largest absolute Gasteiger partial charge is 0.493 e. The van der Waals surface area contributed by atoms with E-state index >= 15 is 0 Å². The highest BCUT2D eigenvalue weighted by Gasteiger charge is 2.22. The van der Waals surface area contributed by atoms with Crippen molar-refractivity contribution >= 4 is 17.5 Å². The number of nitrogens with one attached hydrogen (secondary N) is 1. The van der Waals surface area contributed by atoms with Crippen molar-refractivity contribution in [3.63, 3.8) is 0 Å². The van der Waals surface area contributed by atoms with Crippen molar-refractivity contribution < 1.29 is 19.0 Å². The predicted molar refractivity (Wildman–Crippen MR) is 95.9 cm³/mol. The topological polar surface area (TPSA) is 56.8 Å². The number of fused-ring (bicyclic) bond motifs is 1. The highest BCUT2D eigenvalue weighted by Crippen LogP contribution is 2.40. The third kappa shape index (κ3) is 3.82. The number of amides is 1. The quantitative estimate of drug-likeness (QED) is 0.874. The summed E-state index contributed by atoms with van der Waals surface area (Å²) in [5, 5.41) is 3.68. The summed E-state index contributed by atoms with van der Waals surface area (Å²) in [6.45, 7) is 2.92. The van der Waals surface area contributed by atoms with Crippen molar-refractivity contribution in [1.82, 2.24) is 5.32 Å². The van der Waals surface area contributed by atoms with Crippen LogP contribution in [-0.2, 0) is 0 Å². The number of methoxy groups -OCH3 is 1. The number of carbonyl (C=O) groups excluding carboxylic acids is 1. The van der Waals surface area contributed by atoms with Gasteiger partial charge in [-0.25, -0.2) is 0 Å². The molecule has 132 valence electrons. The molecular weight excluding hydrogens is 342 g/mol. The Morgan fingerprint density at radius 1 is 1.28 bits per heavy atom. The molecule has 1 aliphatic heterocycles. The molecule has 1 heterocycles. The highest BCUT2D eigenvalue weighted by atomic mass is 35.5. The normalized spacial score (nSPS) is 13.9. The Labute approximate surface area is 151 Å². The van der Waals surface area contributed by atoms with E-state index in [1.54, 1.807) is 12.1 Å². The maximum absolute atomic E-state index is 12.7. The predicted octanol–water partition coefficient (Wildman–Crippen LogP) is 4.00. The minimum Gasteiger partial charge on any atom is -0.493 e. The second-order valence-corrected chi connectivity index (χ2v) is 6.13. The summed E-state index contributed by atoms with van der Waals surface area (Å²) in [5.41, 5.74) is 1.43. The molecule has 0 saturated carbocycles. The van der Waals surface area contributed by atoms with Gasteiger partial charge in [0.05, 0.1) is 13.2 Å². The Bertz CT molecular complexity index is 761. The number of rotatable bonds is 5. The maximum atomic E-state index is 12.7. The molecule has 5 nitrogen and oxygen atoms in total. The van der Waals surface area contributed by atoms with E-state index in [9.17, 15) is 4.79 Å². The van der Waals surface area contributed by atoms with Crippen LogP contribution in [-0.4, -0.2) is 26.2 Å². The fourth-order valence-electron chi connectivity index (χ4n) is 2.79. The molecule has 1 amide bonds. The van der Waals surface area contributed by atoms with Crippen LogP contribution in [0.25, 0.3) is 0 Å². The molecule has 1 unspecified atom stereocenters. The van der Waals surface area contributed by atoms with Crippen molar-refractivity contribution in [3.8, 4) is 17.2 Å². The van der Waals surface area contributed by atoms with Crippen LogP contribution in [0, 0.1) is 0 Å². The van der Waals surface area contributed by atoms with Crippen molar-refractivity contribution in [2.24, 2.45) is 0 Å². The number of ether oxygens (including phenoxy) is 3. The van der Waals surface area contributed by atoms with Crippen LogP contribution in [0.3, 0.4) is 0 Å². The summed E-state index contributed by atoms with van der Waals surface area (Å²) in [6, 6.07) is 10.7. The summed E-state index contributed by atoms with van der Waals surface area (Å²) in [5.74, 6) is 1.33. The van der Waals surface area contributed by atoms with Gasteiger partial charge >= 0.3 is 0 Å². The number of hydrogen-bond acceptors (Lipinski definition) is 4. The van der Waals surface area contributed by atoms with Crippen molar-refractivity contribution in [1.29, 1.82) is 0 Å². The van der Waals surface area contributed by atoms with Gasteiger partial charge in [0, 0.05) is 10.6 Å². The Morgan fingerprint density at radius 2 is 2.08 bits per heavy atom. The smallest absolute Gasteiger partial charge is 0.252 e. The van der Waals surface area contributed by atoms with E-state index in [1.807, 2.05) is 31.2 Å². The van der Waals surface area contributed by atoms with Crippen molar-refractivity contribution in [3.05, 3.63) is 52.5 Å². The lowest BCUT2D eigenvalue weighted by Gasteiger charge is -2.22. The molecule has 1 atom stereocenters. The third-order valence-corrected chi connectivity index (χ3v) is 4.29. The first-order valence-corrected chi connectivity index (χ1v) is 8.54. The van der Waals surface area contributed by atoms with Crippen LogP contribution in [0.2, 0.25) is 5.02 Å². The third-order valence-electron chi connectivity index (χ3n) is 4.05. The van der Waals surface area contributed by atoms with Crippen LogP contribution in [0.4, 0.5) is 0 Å². The Balaban J connectivity index is 1.85. The molecule has 6 heteroatoms. The summed E-state index contributed by atoms with van der Waals surface area (Å²) in [6.07, 6.45) is 0.744. The molecule has 0 radical (unpaired) electrons. The SMILES string of the molecule is CCC(NC(=O)c1cc(OC)c2c(c1)OCCO2)c1cccc(Cl)c1. The number of hydrogen-bond donors (Lipinski definition) is 1. The standard InChI is InChI=1S/C19H20ClNO4/c1-3-15(12-5-4-6-14(20)9-12)21-19(22)13-10-16(23-2)18-17(11-13)24-7-8-25-18/h4-6,9-11,15H,3,7-8H2,1-2H3,(H,21,22). The van der Waals surface area contributed by atoms with Crippen LogP contribution >= 0.6 is 11.6 Å². The lowest BCUT2D eigenvalue weighted by Crippen LogP contribution is -2.28. The minimum absolute atomic E-state index is 0.134. The van der Waals surface area contributed by atoms with Gasteiger partial charge in [-0.15, -0.1) is 0 Å². The molecule has 0 aliphatic carbocycles. The van der Waals surface area contributed by atoms with Gasteiger partial charge in [-0.2, -0.15) is 0 Å². The zero-order valence-corrected chi connectivity index (χ0v) is 14.9. The molecule has 25 heavy (non-hydrogen) atoms. The van der Waals surface area contributed by atoms with Crippen LogP contribution < -0.4 is 19.5 Å². The maximum Gasteiger partial charge on any atom is 0.252 e. The van der Waals surface area contributed by atoms with E-state index in [1.165, 1.54) is 7.11 Å². The van der Waals surface area contributed by atoms with Crippen LogP contribution in [0.5, 0.6) is 17.2 Å². The summed E-state index contributed by atoms with van der Waals surface area (Å²) in [7, 11) is 1.54. The average molecular weight is 362 g/mol. The van der Waals surface area contributed by atoms with Gasteiger partial charge in [0.25, 0.3) is 5.91 Å². The molecular formula is C19H20ClNO4. The van der Waals surface area contributed by atoms with Gasteiger partial charge in [0.1, 0.15) is 13.2 Å². The van der Waals surface area contributed by atoms with Gasteiger partial charge in [0.2, 0.25) is 5.75 Å². The minimum atomic E-state index is -0.206. The van der Waals surface area contributed by atoms with E-state index in [2.05, 4.69) is 5.32 Å². The van der Waals surface area contributed by atoms with Gasteiger partial charge in [-0.3, -0.25) is 4.79 Å². The molecule has 0 bridgehead atoms. The van der Waals surface area contributed by atoms with Gasteiger partial charge in [0.15, 0.2) is 11.5 Å². The van der Waals surface area contributed by atoms with Crippen molar-refractivity contribution in [2.75, 3.05) is 20.3 Å². The number of halogens is 1. The van der Waals surface area contributed by atoms with Gasteiger partial charge in [-0.1, -0.05) is 30.7 Å². The highest BCUT2D eigenvalue weighted by molar-refractivity contribution is 6.30. The fourth-order valence-corrected chi connectivity index (χ4v) is 2.99. The Kier molecular flexibility index (Phi) is 5.34. The second-order valence-electron chi connectivity index (χ2n) is 5.69. The second kappa shape index (κ2) is 7.66. The monoisotopic (exact) mass is 361 g/mol. The molecule has 3 rings (SSSR count). The van der Waals surface area contributed by atoms with E-state index in [-0.39, 0.29) is 11.9 Å². The zero-order valence-electron chi connectivity index (χ0n) is 14.2. The molecule has 1 aliphatic rings. The van der Waals surface area contributed by atoms with E-state index in [0.29, 0.717) is 41.0 Å². The molecule has 0 spiro atoms. The van der Waals surface area contributed by atoms with E-state index < -0.39 is 0 Å².